The Hall–Kier alpha value is -2.28. The summed E-state index contributed by atoms with van der Waals surface area (Å²) in [5.74, 6) is -2.38. The molecule has 5 atom stereocenters. The molecular formula is C18H30N2O10. The monoisotopic (exact) mass is 434 g/mol. The summed E-state index contributed by atoms with van der Waals surface area (Å²) in [4.78, 5) is 46.4. The normalized spacial score (nSPS) is 25.8. The van der Waals surface area contributed by atoms with Crippen LogP contribution in [0.25, 0.3) is 0 Å². The highest BCUT2D eigenvalue weighted by Crippen LogP contribution is 2.28. The zero-order valence-corrected chi connectivity index (χ0v) is 17.6. The average Bonchev–Trinajstić information content (AvgIpc) is 2.63. The van der Waals surface area contributed by atoms with Gasteiger partial charge in [-0.25, -0.2) is 0 Å². The first-order chi connectivity index (χ1) is 14.1. The Balaban J connectivity index is 3.13. The second-order valence-corrected chi connectivity index (χ2v) is 6.49. The molecule has 1 aliphatic heterocycles. The quantitative estimate of drug-likeness (QED) is 0.224. The predicted octanol–water partition coefficient (Wildman–Crippen LogP) is -1.37. The number of nitrogens with two attached hydrogens (primary N) is 1. The van der Waals surface area contributed by atoms with Gasteiger partial charge in [0, 0.05) is 34.2 Å². The van der Waals surface area contributed by atoms with E-state index < -0.39 is 54.5 Å². The van der Waals surface area contributed by atoms with Crippen molar-refractivity contribution in [3.8, 4) is 0 Å². The fourth-order valence-electron chi connectivity index (χ4n) is 2.84. The molecule has 0 spiro atoms. The van der Waals surface area contributed by atoms with E-state index in [0.717, 1.165) is 0 Å². The van der Waals surface area contributed by atoms with Gasteiger partial charge in [-0.2, -0.15) is 0 Å². The number of amides is 1. The molecule has 1 amide bonds. The largest absolute Gasteiger partial charge is 0.463 e. The van der Waals surface area contributed by atoms with Gasteiger partial charge in [-0.05, 0) is 0 Å². The molecule has 0 aliphatic carbocycles. The minimum absolute atomic E-state index is 0.0755. The maximum absolute atomic E-state index is 11.8. The lowest BCUT2D eigenvalue weighted by atomic mass is 9.96. The maximum atomic E-state index is 11.8. The van der Waals surface area contributed by atoms with Crippen molar-refractivity contribution in [3.05, 3.63) is 0 Å². The molecule has 1 rings (SSSR count). The van der Waals surface area contributed by atoms with Crippen LogP contribution in [0.4, 0.5) is 0 Å². The lowest BCUT2D eigenvalue weighted by Gasteiger charge is -2.44. The van der Waals surface area contributed by atoms with Crippen LogP contribution in [0.3, 0.4) is 0 Å². The van der Waals surface area contributed by atoms with Crippen molar-refractivity contribution in [2.75, 3.05) is 33.0 Å². The smallest absolute Gasteiger partial charge is 0.303 e. The number of hydrogen-bond donors (Lipinski definition) is 2. The summed E-state index contributed by atoms with van der Waals surface area (Å²) in [6.45, 7) is 5.47. The molecule has 0 aromatic carbocycles. The molecule has 0 bridgehead atoms. The first kappa shape index (κ1) is 25.8. The van der Waals surface area contributed by atoms with Crippen LogP contribution < -0.4 is 11.1 Å². The second kappa shape index (κ2) is 13.1. The van der Waals surface area contributed by atoms with E-state index in [0.29, 0.717) is 13.2 Å². The van der Waals surface area contributed by atoms with E-state index in [1.807, 2.05) is 0 Å². The van der Waals surface area contributed by atoms with Crippen molar-refractivity contribution >= 4 is 23.8 Å². The van der Waals surface area contributed by atoms with Gasteiger partial charge in [-0.1, -0.05) is 0 Å². The summed E-state index contributed by atoms with van der Waals surface area (Å²) in [5.41, 5.74) is 5.36. The van der Waals surface area contributed by atoms with Crippen LogP contribution in [0.1, 0.15) is 27.7 Å². The molecule has 30 heavy (non-hydrogen) atoms. The van der Waals surface area contributed by atoms with E-state index in [1.165, 1.54) is 27.7 Å². The summed E-state index contributed by atoms with van der Waals surface area (Å²) in [5, 5.41) is 2.60. The first-order valence-corrected chi connectivity index (χ1v) is 9.45. The molecule has 12 heteroatoms. The second-order valence-electron chi connectivity index (χ2n) is 6.49. The molecular weight excluding hydrogens is 404 g/mol. The van der Waals surface area contributed by atoms with Crippen LogP contribution in [0.2, 0.25) is 0 Å². The van der Waals surface area contributed by atoms with Crippen LogP contribution in [0, 0.1) is 0 Å². The average molecular weight is 434 g/mol. The van der Waals surface area contributed by atoms with Crippen LogP contribution in [0.15, 0.2) is 0 Å². The van der Waals surface area contributed by atoms with Gasteiger partial charge in [0.2, 0.25) is 5.91 Å². The lowest BCUT2D eigenvalue weighted by Crippen LogP contribution is -2.66. The van der Waals surface area contributed by atoms with Gasteiger partial charge in [0.05, 0.1) is 19.8 Å². The van der Waals surface area contributed by atoms with Crippen molar-refractivity contribution in [1.29, 1.82) is 0 Å². The number of rotatable bonds is 11. The molecule has 0 saturated carbocycles. The molecule has 1 fully saturated rings. The Morgan fingerprint density at radius 1 is 0.900 bits per heavy atom. The number of carbonyl (C=O) groups excluding carboxylic acids is 4. The van der Waals surface area contributed by atoms with E-state index in [4.69, 9.17) is 34.2 Å². The predicted molar refractivity (Wildman–Crippen MR) is 99.8 cm³/mol. The van der Waals surface area contributed by atoms with Gasteiger partial charge < -0.3 is 39.5 Å². The van der Waals surface area contributed by atoms with Crippen LogP contribution in [-0.4, -0.2) is 87.4 Å². The standard InChI is InChI=1S/C18H30N2O10/c1-10(21)20-15-17(29-13(4)24)16(28-12(3)23)14(9-27-11(2)22)30-18(15)26-8-7-25-6-5-19/h14-18H,5-9,19H2,1-4H3,(H,20,21)/t14?,15?,16-,17?,18?/m0/s1. The molecule has 0 aromatic heterocycles. The fraction of sp³-hybridized carbons (Fsp3) is 0.778. The SMILES string of the molecule is CC(=O)NC1C(OCCOCCN)OC(COC(C)=O)[C@H](OC(C)=O)C1OC(C)=O. The zero-order chi connectivity index (χ0) is 22.7. The number of esters is 3. The number of nitrogens with one attached hydrogen (secondary N) is 1. The fourth-order valence-corrected chi connectivity index (χ4v) is 2.84. The summed E-state index contributed by atoms with van der Waals surface area (Å²) >= 11 is 0. The Bertz CT molecular complexity index is 600. The lowest BCUT2D eigenvalue weighted by molar-refractivity contribution is -0.279. The Labute approximate surface area is 174 Å². The van der Waals surface area contributed by atoms with Gasteiger partial charge in [-0.15, -0.1) is 0 Å². The minimum atomic E-state index is -1.16. The third-order valence-electron chi connectivity index (χ3n) is 3.84. The summed E-state index contributed by atoms with van der Waals surface area (Å²) in [6, 6.07) is -1.00. The van der Waals surface area contributed by atoms with Crippen LogP contribution in [0.5, 0.6) is 0 Å². The number of carbonyl (C=O) groups is 4. The summed E-state index contributed by atoms with van der Waals surface area (Å²) in [7, 11) is 0. The molecule has 0 radical (unpaired) electrons. The van der Waals surface area contributed by atoms with Gasteiger partial charge in [0.25, 0.3) is 0 Å². The van der Waals surface area contributed by atoms with Crippen molar-refractivity contribution in [1.82, 2.24) is 5.32 Å². The van der Waals surface area contributed by atoms with Crippen molar-refractivity contribution in [2.24, 2.45) is 5.73 Å². The van der Waals surface area contributed by atoms with Crippen molar-refractivity contribution < 1.29 is 47.6 Å². The first-order valence-electron chi connectivity index (χ1n) is 9.45. The third-order valence-corrected chi connectivity index (χ3v) is 3.84. The molecule has 12 nitrogen and oxygen atoms in total. The van der Waals surface area contributed by atoms with Gasteiger partial charge in [0.15, 0.2) is 18.5 Å². The summed E-state index contributed by atoms with van der Waals surface area (Å²) < 4.78 is 32.4. The Morgan fingerprint density at radius 3 is 2.07 bits per heavy atom. The van der Waals surface area contributed by atoms with E-state index in [-0.39, 0.29) is 19.8 Å². The van der Waals surface area contributed by atoms with Crippen LogP contribution in [-0.2, 0) is 47.6 Å². The molecule has 3 N–H and O–H groups in total. The molecule has 172 valence electrons. The maximum Gasteiger partial charge on any atom is 0.303 e. The van der Waals surface area contributed by atoms with Gasteiger partial charge in [0.1, 0.15) is 18.8 Å². The number of hydrogen-bond acceptors (Lipinski definition) is 11. The van der Waals surface area contributed by atoms with Crippen LogP contribution >= 0.6 is 0 Å². The van der Waals surface area contributed by atoms with Crippen molar-refractivity contribution in [3.63, 3.8) is 0 Å². The third kappa shape index (κ3) is 9.03. The minimum Gasteiger partial charge on any atom is -0.463 e. The Morgan fingerprint density at radius 2 is 1.53 bits per heavy atom. The van der Waals surface area contributed by atoms with Crippen molar-refractivity contribution in [2.45, 2.75) is 58.3 Å². The van der Waals surface area contributed by atoms with E-state index in [2.05, 4.69) is 5.32 Å². The van der Waals surface area contributed by atoms with Gasteiger partial charge >= 0.3 is 17.9 Å². The highest BCUT2D eigenvalue weighted by molar-refractivity contribution is 5.73. The highest BCUT2D eigenvalue weighted by Gasteiger charge is 2.51. The highest BCUT2D eigenvalue weighted by atomic mass is 16.7. The van der Waals surface area contributed by atoms with E-state index >= 15 is 0 Å². The molecule has 0 aromatic rings. The van der Waals surface area contributed by atoms with E-state index in [1.54, 1.807) is 0 Å². The van der Waals surface area contributed by atoms with Gasteiger partial charge in [-0.3, -0.25) is 19.2 Å². The molecule has 1 saturated heterocycles. The van der Waals surface area contributed by atoms with E-state index in [9.17, 15) is 19.2 Å². The molecule has 1 heterocycles. The number of ether oxygens (including phenoxy) is 6. The Kier molecular flexibility index (Phi) is 11.3. The topological polar surface area (TPSA) is 162 Å². The molecule has 1 aliphatic rings. The summed E-state index contributed by atoms with van der Waals surface area (Å²) in [6.07, 6.45) is -4.43. The zero-order valence-electron chi connectivity index (χ0n) is 17.6. The molecule has 4 unspecified atom stereocenters.